The van der Waals surface area contributed by atoms with Crippen LogP contribution in [-0.2, 0) is 14.0 Å². The fourth-order valence-corrected chi connectivity index (χ4v) is 9.34. The van der Waals surface area contributed by atoms with Crippen molar-refractivity contribution in [3.05, 3.63) is 60.7 Å². The Morgan fingerprint density at radius 2 is 1.68 bits per heavy atom. The van der Waals surface area contributed by atoms with E-state index < -0.39 is 14.0 Å². The van der Waals surface area contributed by atoms with Gasteiger partial charge >= 0.3 is 0 Å². The Morgan fingerprint density at radius 1 is 1.11 bits per heavy atom. The highest BCUT2D eigenvalue weighted by atomic mass is 28.4. The fraction of sp³-hybridized carbons (Fsp3) is 0.435. The molecule has 146 valence electrons. The third kappa shape index (κ3) is 3.09. The van der Waals surface area contributed by atoms with Gasteiger partial charge in [0.25, 0.3) is 8.32 Å². The van der Waals surface area contributed by atoms with Crippen LogP contribution in [0.2, 0.25) is 5.04 Å². The van der Waals surface area contributed by atoms with Crippen molar-refractivity contribution in [2.75, 3.05) is 13.2 Å². The maximum absolute atomic E-state index is 10.7. The highest BCUT2D eigenvalue weighted by molar-refractivity contribution is 6.99. The van der Waals surface area contributed by atoms with Gasteiger partial charge in [-0.15, -0.1) is 0 Å². The van der Waals surface area contributed by atoms with Gasteiger partial charge in [-0.25, -0.2) is 4.79 Å². The minimum atomic E-state index is -2.53. The molecule has 0 aromatic heterocycles. The lowest BCUT2D eigenvalue weighted by Gasteiger charge is -2.43. The second kappa shape index (κ2) is 7.09. The van der Waals surface area contributed by atoms with E-state index in [1.54, 1.807) is 6.08 Å². The van der Waals surface area contributed by atoms with E-state index in [1.807, 2.05) is 0 Å². The summed E-state index contributed by atoms with van der Waals surface area (Å²) in [5.41, 5.74) is -0.610. The molecule has 0 spiro atoms. The zero-order valence-electron chi connectivity index (χ0n) is 16.7. The van der Waals surface area contributed by atoms with Crippen LogP contribution in [0.3, 0.4) is 0 Å². The van der Waals surface area contributed by atoms with Gasteiger partial charge in [0.15, 0.2) is 5.72 Å². The molecule has 0 N–H and O–H groups in total. The van der Waals surface area contributed by atoms with Crippen LogP contribution < -0.4 is 10.4 Å². The largest absolute Gasteiger partial charge is 0.407 e. The fourth-order valence-electron chi connectivity index (χ4n) is 4.72. The second-order valence-corrected chi connectivity index (χ2v) is 13.2. The summed E-state index contributed by atoms with van der Waals surface area (Å²) < 4.78 is 12.8. The molecule has 2 aliphatic rings. The van der Waals surface area contributed by atoms with Gasteiger partial charge in [0.1, 0.15) is 0 Å². The van der Waals surface area contributed by atoms with E-state index in [1.165, 1.54) is 10.4 Å². The van der Waals surface area contributed by atoms with Crippen LogP contribution in [0, 0.1) is 11.8 Å². The Balaban J connectivity index is 1.69. The number of carbonyl (C=O) groups excluding carboxylic acids is 1. The Kier molecular flexibility index (Phi) is 4.88. The lowest BCUT2D eigenvalue weighted by molar-refractivity contribution is 0.0588. The van der Waals surface area contributed by atoms with Crippen molar-refractivity contribution in [1.29, 1.82) is 0 Å². The molecule has 1 heterocycles. The van der Waals surface area contributed by atoms with E-state index in [9.17, 15) is 4.79 Å². The number of nitrogens with zero attached hydrogens (tertiary/aromatic N) is 1. The zero-order chi connectivity index (χ0) is 19.8. The molecule has 28 heavy (non-hydrogen) atoms. The number of hydrogen-bond donors (Lipinski definition) is 0. The lowest BCUT2D eigenvalue weighted by atomic mass is 10.1. The van der Waals surface area contributed by atoms with Gasteiger partial charge in [-0.3, -0.25) is 0 Å². The lowest BCUT2D eigenvalue weighted by Crippen LogP contribution is -2.67. The molecule has 0 unspecified atom stereocenters. The summed E-state index contributed by atoms with van der Waals surface area (Å²) in [6.07, 6.45) is 2.48. The van der Waals surface area contributed by atoms with Crippen molar-refractivity contribution >= 4 is 24.8 Å². The Labute approximate surface area is 167 Å². The smallest absolute Gasteiger partial charge is 0.261 e. The first-order valence-electron chi connectivity index (χ1n) is 9.91. The van der Waals surface area contributed by atoms with Crippen LogP contribution in [0.25, 0.3) is 0 Å². The summed E-state index contributed by atoms with van der Waals surface area (Å²) in [6, 6.07) is 21.3. The quantitative estimate of drug-likeness (QED) is 0.430. The van der Waals surface area contributed by atoms with Crippen LogP contribution in [0.5, 0.6) is 0 Å². The minimum absolute atomic E-state index is 0.0449. The van der Waals surface area contributed by atoms with Crippen molar-refractivity contribution < 1.29 is 14.0 Å². The number of rotatable bonds is 6. The van der Waals surface area contributed by atoms with Crippen molar-refractivity contribution in [3.8, 4) is 0 Å². The number of isocyanates is 1. The van der Waals surface area contributed by atoms with E-state index in [0.717, 1.165) is 6.42 Å². The first kappa shape index (κ1) is 19.3. The third-order valence-corrected chi connectivity index (χ3v) is 11.2. The van der Waals surface area contributed by atoms with Gasteiger partial charge in [-0.05, 0) is 15.4 Å². The van der Waals surface area contributed by atoms with Gasteiger partial charge in [0.2, 0.25) is 6.08 Å². The predicted molar refractivity (Wildman–Crippen MR) is 112 cm³/mol. The van der Waals surface area contributed by atoms with Gasteiger partial charge in [0.05, 0.1) is 6.61 Å². The Hall–Kier alpha value is -2.04. The van der Waals surface area contributed by atoms with E-state index in [2.05, 4.69) is 86.4 Å². The molecule has 4 nitrogen and oxygen atoms in total. The van der Waals surface area contributed by atoms with E-state index in [4.69, 9.17) is 9.16 Å². The standard InChI is InChI=1S/C23H27NO3Si/c1-22(2,3)28(19-10-6-4-7-11-19,20-12-8-5-9-13-20)27-16-18-15-26-23(24-17-25)14-21(18)23/h4-13,18,21H,14-16H2,1-3H3/t18-,21-,23-/m1/s1. The molecule has 2 aromatic carbocycles. The first-order valence-corrected chi connectivity index (χ1v) is 11.8. The highest BCUT2D eigenvalue weighted by Crippen LogP contribution is 2.57. The van der Waals surface area contributed by atoms with E-state index in [0.29, 0.717) is 13.2 Å². The molecular weight excluding hydrogens is 366 g/mol. The second-order valence-electron chi connectivity index (χ2n) is 8.90. The number of hydrogen-bond acceptors (Lipinski definition) is 4. The SMILES string of the molecule is CC(C)(C)[Si](OC[C@H]1CO[C@]2(N=C=O)C[C@H]12)(c1ccccc1)c1ccccc1. The molecule has 1 saturated carbocycles. The van der Waals surface area contributed by atoms with Crippen LogP contribution in [0.1, 0.15) is 27.2 Å². The molecule has 5 heteroatoms. The summed E-state index contributed by atoms with van der Waals surface area (Å²) in [5, 5.41) is 2.51. The van der Waals surface area contributed by atoms with E-state index >= 15 is 0 Å². The van der Waals surface area contributed by atoms with Crippen molar-refractivity contribution in [1.82, 2.24) is 0 Å². The summed E-state index contributed by atoms with van der Waals surface area (Å²) in [7, 11) is -2.53. The molecular formula is C23H27NO3Si. The average Bonchev–Trinajstić information content (AvgIpc) is 3.30. The molecule has 0 amide bonds. The molecule has 3 atom stereocenters. The Morgan fingerprint density at radius 3 is 2.14 bits per heavy atom. The van der Waals surface area contributed by atoms with Crippen LogP contribution in [-0.4, -0.2) is 33.3 Å². The third-order valence-electron chi connectivity index (χ3n) is 6.21. The normalized spacial score (nSPS) is 26.4. The number of fused-ring (bicyclic) bond motifs is 1. The van der Waals surface area contributed by atoms with Gasteiger partial charge in [0, 0.05) is 24.9 Å². The molecule has 2 aromatic rings. The first-order chi connectivity index (χ1) is 13.4. The molecule has 0 bridgehead atoms. The number of benzene rings is 2. The van der Waals surface area contributed by atoms with Crippen molar-refractivity contribution in [2.24, 2.45) is 16.8 Å². The van der Waals surface area contributed by atoms with Gasteiger partial charge in [-0.2, -0.15) is 4.99 Å². The zero-order valence-corrected chi connectivity index (χ0v) is 17.7. The topological polar surface area (TPSA) is 47.9 Å². The summed E-state index contributed by atoms with van der Waals surface area (Å²) in [4.78, 5) is 14.6. The van der Waals surface area contributed by atoms with Gasteiger partial charge in [-0.1, -0.05) is 81.4 Å². The molecule has 2 fully saturated rings. The molecule has 1 saturated heterocycles. The maximum atomic E-state index is 10.7. The van der Waals surface area contributed by atoms with Gasteiger partial charge < -0.3 is 9.16 Å². The maximum Gasteiger partial charge on any atom is 0.261 e. The molecule has 4 rings (SSSR count). The molecule has 1 aliphatic carbocycles. The monoisotopic (exact) mass is 393 g/mol. The van der Waals surface area contributed by atoms with Crippen LogP contribution >= 0.6 is 0 Å². The predicted octanol–water partition coefficient (Wildman–Crippen LogP) is 3.26. The van der Waals surface area contributed by atoms with Crippen molar-refractivity contribution in [3.63, 3.8) is 0 Å². The Bertz CT molecular complexity index is 834. The minimum Gasteiger partial charge on any atom is -0.407 e. The number of aliphatic imine (C=N–C) groups is 1. The summed E-state index contributed by atoms with van der Waals surface area (Å²) in [5.74, 6) is 0.533. The van der Waals surface area contributed by atoms with Crippen molar-refractivity contribution in [2.45, 2.75) is 38.0 Å². The summed E-state index contributed by atoms with van der Waals surface area (Å²) >= 11 is 0. The van der Waals surface area contributed by atoms with E-state index in [-0.39, 0.29) is 16.9 Å². The molecule has 1 aliphatic heterocycles. The summed E-state index contributed by atoms with van der Waals surface area (Å²) in [6.45, 7) is 8.05. The van der Waals surface area contributed by atoms with Crippen LogP contribution in [0.4, 0.5) is 0 Å². The highest BCUT2D eigenvalue weighted by Gasteiger charge is 2.65. The number of ether oxygens (including phenoxy) is 1. The average molecular weight is 394 g/mol. The molecule has 0 radical (unpaired) electrons. The van der Waals surface area contributed by atoms with Crippen LogP contribution in [0.15, 0.2) is 65.7 Å².